The average Bonchev–Trinajstić information content (AvgIpc) is 3.24. The van der Waals surface area contributed by atoms with Gasteiger partial charge in [0.05, 0.1) is 17.4 Å². The summed E-state index contributed by atoms with van der Waals surface area (Å²) >= 11 is 0. The Hall–Kier alpha value is -3.02. The lowest BCUT2D eigenvalue weighted by Gasteiger charge is -2.07. The maximum absolute atomic E-state index is 4.49. The average molecular weight is 290 g/mol. The lowest BCUT2D eigenvalue weighted by Crippen LogP contribution is -2.03. The monoisotopic (exact) mass is 290 g/mol. The number of aromatic nitrogens is 6. The second kappa shape index (κ2) is 5.40. The zero-order valence-corrected chi connectivity index (χ0v) is 11.8. The third-order valence-corrected chi connectivity index (χ3v) is 3.65. The van der Waals surface area contributed by atoms with Gasteiger partial charge in [-0.25, -0.2) is 4.98 Å². The van der Waals surface area contributed by atoms with Crippen molar-refractivity contribution in [3.05, 3.63) is 60.8 Å². The van der Waals surface area contributed by atoms with E-state index in [4.69, 9.17) is 0 Å². The van der Waals surface area contributed by atoms with Crippen molar-refractivity contribution < 1.29 is 0 Å². The van der Waals surface area contributed by atoms with E-state index < -0.39 is 0 Å². The van der Waals surface area contributed by atoms with Crippen molar-refractivity contribution in [1.29, 1.82) is 0 Å². The van der Waals surface area contributed by atoms with Crippen molar-refractivity contribution in [1.82, 2.24) is 29.9 Å². The van der Waals surface area contributed by atoms with E-state index in [1.165, 1.54) is 0 Å². The summed E-state index contributed by atoms with van der Waals surface area (Å²) in [7, 11) is 0. The van der Waals surface area contributed by atoms with E-state index in [9.17, 15) is 0 Å². The maximum atomic E-state index is 4.49. The fourth-order valence-corrected chi connectivity index (χ4v) is 2.55. The summed E-state index contributed by atoms with van der Waals surface area (Å²) < 4.78 is 2.13. The van der Waals surface area contributed by atoms with Crippen LogP contribution in [0.4, 0.5) is 0 Å². The smallest absolute Gasteiger partial charge is 0.139 e. The minimum atomic E-state index is 0.812. The van der Waals surface area contributed by atoms with Gasteiger partial charge in [0.1, 0.15) is 5.82 Å². The molecule has 0 spiro atoms. The number of H-pyrrole nitrogens is 1. The summed E-state index contributed by atoms with van der Waals surface area (Å²) in [4.78, 5) is 8.84. The van der Waals surface area contributed by atoms with E-state index in [1.54, 1.807) is 12.4 Å². The van der Waals surface area contributed by atoms with Gasteiger partial charge in [-0.15, -0.1) is 0 Å². The minimum absolute atomic E-state index is 0.812. The molecule has 0 aliphatic heterocycles. The molecule has 0 aliphatic rings. The van der Waals surface area contributed by atoms with E-state index in [-0.39, 0.29) is 0 Å². The molecule has 1 N–H and O–H groups in total. The Kier molecular flexibility index (Phi) is 3.12. The molecule has 108 valence electrons. The molecule has 0 amide bonds. The number of fused-ring (bicyclic) bond motifs is 1. The predicted octanol–water partition coefficient (Wildman–Crippen LogP) is 2.46. The Morgan fingerprint density at radius 2 is 2.09 bits per heavy atom. The number of hydrogen-bond donors (Lipinski definition) is 1. The molecule has 0 fully saturated rings. The number of aryl methyl sites for hydroxylation is 2. The third-order valence-electron chi connectivity index (χ3n) is 3.65. The number of benzene rings is 1. The summed E-state index contributed by atoms with van der Waals surface area (Å²) in [5.74, 6) is 0.953. The first-order valence-electron chi connectivity index (χ1n) is 7.11. The minimum Gasteiger partial charge on any atom is -0.331 e. The Morgan fingerprint density at radius 1 is 1.09 bits per heavy atom. The van der Waals surface area contributed by atoms with Gasteiger partial charge in [-0.05, 0) is 24.3 Å². The van der Waals surface area contributed by atoms with Crippen LogP contribution in [-0.2, 0) is 13.0 Å². The molecule has 6 nitrogen and oxygen atoms in total. The maximum Gasteiger partial charge on any atom is 0.139 e. The molecule has 3 aromatic heterocycles. The van der Waals surface area contributed by atoms with Gasteiger partial charge in [-0.2, -0.15) is 15.4 Å². The first-order chi connectivity index (χ1) is 10.9. The van der Waals surface area contributed by atoms with Crippen molar-refractivity contribution in [3.63, 3.8) is 0 Å². The molecule has 22 heavy (non-hydrogen) atoms. The van der Waals surface area contributed by atoms with Crippen LogP contribution >= 0.6 is 0 Å². The van der Waals surface area contributed by atoms with E-state index in [2.05, 4.69) is 48.1 Å². The Balaban J connectivity index is 1.65. The lowest BCUT2D eigenvalue weighted by atomic mass is 10.1. The number of aromatic amines is 1. The van der Waals surface area contributed by atoms with E-state index in [0.717, 1.165) is 41.0 Å². The molecular formula is C16H14N6. The van der Waals surface area contributed by atoms with E-state index in [0.29, 0.717) is 0 Å². The van der Waals surface area contributed by atoms with Crippen molar-refractivity contribution in [2.24, 2.45) is 0 Å². The topological polar surface area (TPSA) is 72.3 Å². The SMILES string of the molecule is c1cnc2ccc(-c3nccn3CCc3cn[nH]n3)cc2c1. The largest absolute Gasteiger partial charge is 0.331 e. The van der Waals surface area contributed by atoms with Crippen LogP contribution in [0.2, 0.25) is 0 Å². The Morgan fingerprint density at radius 3 is 3.00 bits per heavy atom. The van der Waals surface area contributed by atoms with E-state index >= 15 is 0 Å². The molecule has 0 aliphatic carbocycles. The van der Waals surface area contributed by atoms with Crippen molar-refractivity contribution in [3.8, 4) is 11.4 Å². The van der Waals surface area contributed by atoms with Gasteiger partial charge in [-0.1, -0.05) is 6.07 Å². The molecule has 4 rings (SSSR count). The molecule has 0 saturated heterocycles. The van der Waals surface area contributed by atoms with Crippen LogP contribution in [0.5, 0.6) is 0 Å². The van der Waals surface area contributed by atoms with Gasteiger partial charge < -0.3 is 4.57 Å². The van der Waals surface area contributed by atoms with Gasteiger partial charge in [0.2, 0.25) is 0 Å². The highest BCUT2D eigenvalue weighted by Crippen LogP contribution is 2.22. The van der Waals surface area contributed by atoms with Crippen molar-refractivity contribution >= 4 is 10.9 Å². The Labute approximate surface area is 126 Å². The quantitative estimate of drug-likeness (QED) is 0.626. The molecular weight excluding hydrogens is 276 g/mol. The Bertz CT molecular complexity index is 894. The molecule has 0 bridgehead atoms. The van der Waals surface area contributed by atoms with Gasteiger partial charge >= 0.3 is 0 Å². The molecule has 0 atom stereocenters. The normalized spacial score (nSPS) is 11.1. The standard InChI is InChI=1S/C16H14N6/c1-2-12-10-13(3-4-15(12)17-6-1)16-18-7-9-22(16)8-5-14-11-19-21-20-14/h1-4,6-7,9-11H,5,8H2,(H,19,20,21). The van der Waals surface area contributed by atoms with Gasteiger partial charge in [0.15, 0.2) is 0 Å². The fraction of sp³-hybridized carbons (Fsp3) is 0.125. The summed E-state index contributed by atoms with van der Waals surface area (Å²) in [6, 6.07) is 10.2. The van der Waals surface area contributed by atoms with Crippen LogP contribution < -0.4 is 0 Å². The van der Waals surface area contributed by atoms with E-state index in [1.807, 2.05) is 24.5 Å². The highest BCUT2D eigenvalue weighted by atomic mass is 15.3. The summed E-state index contributed by atoms with van der Waals surface area (Å²) in [6.07, 6.45) is 8.18. The van der Waals surface area contributed by atoms with Crippen LogP contribution in [0.15, 0.2) is 55.1 Å². The number of pyridine rings is 1. The fourth-order valence-electron chi connectivity index (χ4n) is 2.55. The lowest BCUT2D eigenvalue weighted by molar-refractivity contribution is 0.689. The zero-order valence-electron chi connectivity index (χ0n) is 11.8. The second-order valence-electron chi connectivity index (χ2n) is 5.07. The number of rotatable bonds is 4. The summed E-state index contributed by atoms with van der Waals surface area (Å²) in [6.45, 7) is 0.812. The predicted molar refractivity (Wildman–Crippen MR) is 83.1 cm³/mol. The molecule has 1 aromatic carbocycles. The first kappa shape index (κ1) is 12.7. The molecule has 0 saturated carbocycles. The zero-order chi connectivity index (χ0) is 14.8. The molecule has 4 aromatic rings. The molecule has 3 heterocycles. The van der Waals surface area contributed by atoms with Crippen molar-refractivity contribution in [2.45, 2.75) is 13.0 Å². The second-order valence-corrected chi connectivity index (χ2v) is 5.07. The van der Waals surface area contributed by atoms with Crippen molar-refractivity contribution in [2.75, 3.05) is 0 Å². The number of hydrogen-bond acceptors (Lipinski definition) is 4. The number of nitrogens with zero attached hydrogens (tertiary/aromatic N) is 5. The van der Waals surface area contributed by atoms with Crippen LogP contribution in [-0.4, -0.2) is 29.9 Å². The van der Waals surface area contributed by atoms with Crippen LogP contribution in [0.3, 0.4) is 0 Å². The molecule has 6 heteroatoms. The highest BCUT2D eigenvalue weighted by molar-refractivity contribution is 5.83. The molecule has 0 unspecified atom stereocenters. The summed E-state index contributed by atoms with van der Waals surface area (Å²) in [5.41, 5.74) is 3.03. The summed E-state index contributed by atoms with van der Waals surface area (Å²) in [5, 5.41) is 11.7. The molecule has 0 radical (unpaired) electrons. The number of imidazole rings is 1. The first-order valence-corrected chi connectivity index (χ1v) is 7.11. The van der Waals surface area contributed by atoms with Gasteiger partial charge in [-0.3, -0.25) is 4.98 Å². The number of nitrogens with one attached hydrogen (secondary N) is 1. The highest BCUT2D eigenvalue weighted by Gasteiger charge is 2.08. The van der Waals surface area contributed by atoms with Crippen LogP contribution in [0.1, 0.15) is 5.69 Å². The van der Waals surface area contributed by atoms with Gasteiger partial charge in [0, 0.05) is 42.5 Å². The third kappa shape index (κ3) is 2.35. The van der Waals surface area contributed by atoms with Crippen LogP contribution in [0.25, 0.3) is 22.3 Å². The van der Waals surface area contributed by atoms with Crippen LogP contribution in [0, 0.1) is 0 Å². The van der Waals surface area contributed by atoms with Gasteiger partial charge in [0.25, 0.3) is 0 Å².